The average Bonchev–Trinajstić information content (AvgIpc) is 2.73. The first-order chi connectivity index (χ1) is 15.5. The number of hydrogen-bond acceptors (Lipinski definition) is 7. The van der Waals surface area contributed by atoms with Crippen LogP contribution >= 0.6 is 11.6 Å². The van der Waals surface area contributed by atoms with Gasteiger partial charge in [-0.15, -0.1) is 0 Å². The molecule has 0 aliphatic heterocycles. The van der Waals surface area contributed by atoms with E-state index in [1.165, 1.54) is 12.1 Å². The standard InChI is InChI=1S/C21H18ClF3N6O2/c1-10-7-12(11(2)28-13-3-4-16(22)30-18(13)20(32)33)17-14(8-10)29-15(9-26)19(31-17)27-6-5-21(23,24)25/h3-4,7-8,11,28H,5-6H2,1-2H3,(H,27,31)(H,32,33)/t11-/m1/s1. The van der Waals surface area contributed by atoms with Crippen LogP contribution in [0.5, 0.6) is 0 Å². The summed E-state index contributed by atoms with van der Waals surface area (Å²) in [4.78, 5) is 24.0. The zero-order valence-corrected chi connectivity index (χ0v) is 18.2. The van der Waals surface area contributed by atoms with Crippen molar-refractivity contribution >= 4 is 40.1 Å². The molecular weight excluding hydrogens is 461 g/mol. The molecule has 0 saturated heterocycles. The zero-order chi connectivity index (χ0) is 24.3. The lowest BCUT2D eigenvalue weighted by molar-refractivity contribution is -0.131. The highest BCUT2D eigenvalue weighted by Crippen LogP contribution is 2.30. The molecule has 0 amide bonds. The van der Waals surface area contributed by atoms with Crippen LogP contribution in [-0.2, 0) is 0 Å². The normalized spacial score (nSPS) is 12.3. The average molecular weight is 479 g/mol. The van der Waals surface area contributed by atoms with Crippen molar-refractivity contribution < 1.29 is 23.1 Å². The third kappa shape index (κ3) is 5.78. The molecule has 0 aliphatic rings. The van der Waals surface area contributed by atoms with Crippen molar-refractivity contribution in [3.63, 3.8) is 0 Å². The Morgan fingerprint density at radius 3 is 2.64 bits per heavy atom. The number of anilines is 2. The predicted octanol–water partition coefficient (Wildman–Crippen LogP) is 5.09. The lowest BCUT2D eigenvalue weighted by Crippen LogP contribution is -2.17. The van der Waals surface area contributed by atoms with Gasteiger partial charge < -0.3 is 15.7 Å². The number of hydrogen-bond donors (Lipinski definition) is 3. The third-order valence-corrected chi connectivity index (χ3v) is 4.86. The first-order valence-corrected chi connectivity index (χ1v) is 10.1. The molecule has 0 saturated carbocycles. The first-order valence-electron chi connectivity index (χ1n) is 9.68. The van der Waals surface area contributed by atoms with Crippen molar-refractivity contribution in [2.24, 2.45) is 0 Å². The summed E-state index contributed by atoms with van der Waals surface area (Å²) in [6.45, 7) is 3.10. The number of halogens is 4. The number of aromatic carboxylic acids is 1. The second-order valence-electron chi connectivity index (χ2n) is 7.25. The molecule has 2 heterocycles. The molecule has 172 valence electrons. The van der Waals surface area contributed by atoms with Crippen LogP contribution < -0.4 is 10.6 Å². The maximum Gasteiger partial charge on any atom is 0.390 e. The van der Waals surface area contributed by atoms with Gasteiger partial charge in [0.05, 0.1) is 29.2 Å². The Balaban J connectivity index is 2.02. The van der Waals surface area contributed by atoms with Gasteiger partial charge in [-0.3, -0.25) is 0 Å². The second kappa shape index (κ2) is 9.46. The number of pyridine rings is 1. The molecule has 33 heavy (non-hydrogen) atoms. The Morgan fingerprint density at radius 2 is 2.00 bits per heavy atom. The molecule has 1 aromatic carbocycles. The molecule has 1 atom stereocenters. The van der Waals surface area contributed by atoms with Crippen LogP contribution in [0.2, 0.25) is 5.15 Å². The van der Waals surface area contributed by atoms with E-state index in [2.05, 4.69) is 25.6 Å². The summed E-state index contributed by atoms with van der Waals surface area (Å²) in [7, 11) is 0. The predicted molar refractivity (Wildman–Crippen MR) is 116 cm³/mol. The number of alkyl halides is 3. The molecule has 0 radical (unpaired) electrons. The van der Waals surface area contributed by atoms with Gasteiger partial charge >= 0.3 is 12.1 Å². The number of aryl methyl sites for hydroxylation is 1. The summed E-state index contributed by atoms with van der Waals surface area (Å²) in [5, 5.41) is 24.4. The summed E-state index contributed by atoms with van der Waals surface area (Å²) in [6, 6.07) is 7.77. The van der Waals surface area contributed by atoms with Gasteiger partial charge in [-0.2, -0.15) is 18.4 Å². The van der Waals surface area contributed by atoms with Gasteiger partial charge in [-0.05, 0) is 37.6 Å². The highest BCUT2D eigenvalue weighted by molar-refractivity contribution is 6.29. The van der Waals surface area contributed by atoms with Gasteiger partial charge in [0.2, 0.25) is 0 Å². The Bertz CT molecular complexity index is 1260. The number of rotatable bonds is 7. The molecule has 0 unspecified atom stereocenters. The van der Waals surface area contributed by atoms with Crippen LogP contribution in [0.4, 0.5) is 24.7 Å². The first kappa shape index (κ1) is 24.0. The number of nitrogens with zero attached hydrogens (tertiary/aromatic N) is 4. The fourth-order valence-electron chi connectivity index (χ4n) is 3.21. The summed E-state index contributed by atoms with van der Waals surface area (Å²) < 4.78 is 37.6. The van der Waals surface area contributed by atoms with E-state index in [0.29, 0.717) is 16.6 Å². The van der Waals surface area contributed by atoms with Crippen molar-refractivity contribution in [1.82, 2.24) is 15.0 Å². The van der Waals surface area contributed by atoms with E-state index in [0.717, 1.165) is 5.56 Å². The number of carboxylic acid groups (broad SMARTS) is 1. The molecule has 3 N–H and O–H groups in total. The van der Waals surface area contributed by atoms with Crippen LogP contribution in [0.3, 0.4) is 0 Å². The van der Waals surface area contributed by atoms with Crippen molar-refractivity contribution in [2.75, 3.05) is 17.2 Å². The monoisotopic (exact) mass is 478 g/mol. The molecule has 3 rings (SSSR count). The van der Waals surface area contributed by atoms with Crippen LogP contribution in [-0.4, -0.2) is 38.7 Å². The molecular formula is C21H18ClF3N6O2. The number of fused-ring (bicyclic) bond motifs is 1. The second-order valence-corrected chi connectivity index (χ2v) is 7.64. The summed E-state index contributed by atoms with van der Waals surface area (Å²) in [5.74, 6) is -1.33. The van der Waals surface area contributed by atoms with E-state index in [-0.39, 0.29) is 28.0 Å². The number of aromatic nitrogens is 3. The van der Waals surface area contributed by atoms with E-state index < -0.39 is 31.2 Å². The Hall–Kier alpha value is -3.65. The lowest BCUT2D eigenvalue weighted by atomic mass is 10.0. The van der Waals surface area contributed by atoms with Crippen molar-refractivity contribution in [2.45, 2.75) is 32.5 Å². The van der Waals surface area contributed by atoms with Crippen molar-refractivity contribution in [1.29, 1.82) is 5.26 Å². The van der Waals surface area contributed by atoms with Crippen molar-refractivity contribution in [3.05, 3.63) is 51.9 Å². The Kier molecular flexibility index (Phi) is 6.88. The molecule has 2 aromatic heterocycles. The minimum Gasteiger partial charge on any atom is -0.476 e. The van der Waals surface area contributed by atoms with Gasteiger partial charge in [0.1, 0.15) is 11.2 Å². The lowest BCUT2D eigenvalue weighted by Gasteiger charge is -2.19. The molecule has 3 aromatic rings. The molecule has 8 nitrogen and oxygen atoms in total. The smallest absolute Gasteiger partial charge is 0.390 e. The highest BCUT2D eigenvalue weighted by atomic mass is 35.5. The van der Waals surface area contributed by atoms with Crippen LogP contribution in [0, 0.1) is 18.3 Å². The molecule has 12 heteroatoms. The fourth-order valence-corrected chi connectivity index (χ4v) is 3.36. The Morgan fingerprint density at radius 1 is 1.27 bits per heavy atom. The molecule has 0 bridgehead atoms. The van der Waals surface area contributed by atoms with E-state index in [4.69, 9.17) is 11.6 Å². The summed E-state index contributed by atoms with van der Waals surface area (Å²) in [5.41, 5.74) is 1.97. The summed E-state index contributed by atoms with van der Waals surface area (Å²) in [6.07, 6.45) is -5.46. The fraction of sp³-hybridized carbons (Fsp3) is 0.286. The quantitative estimate of drug-likeness (QED) is 0.401. The molecule has 0 aliphatic carbocycles. The zero-order valence-electron chi connectivity index (χ0n) is 17.5. The topological polar surface area (TPSA) is 124 Å². The minimum atomic E-state index is -4.36. The maximum atomic E-state index is 12.5. The highest BCUT2D eigenvalue weighted by Gasteiger charge is 2.26. The van der Waals surface area contributed by atoms with E-state index in [9.17, 15) is 28.3 Å². The van der Waals surface area contributed by atoms with Gasteiger partial charge in [0.15, 0.2) is 17.2 Å². The molecule has 0 fully saturated rings. The van der Waals surface area contributed by atoms with Crippen LogP contribution in [0.25, 0.3) is 11.0 Å². The third-order valence-electron chi connectivity index (χ3n) is 4.65. The van der Waals surface area contributed by atoms with Gasteiger partial charge in [-0.1, -0.05) is 17.7 Å². The number of carbonyl (C=O) groups is 1. The number of nitrogens with one attached hydrogen (secondary N) is 2. The van der Waals surface area contributed by atoms with Crippen molar-refractivity contribution in [3.8, 4) is 6.07 Å². The maximum absolute atomic E-state index is 12.5. The SMILES string of the molecule is Cc1cc([C@@H](C)Nc2ccc(Cl)nc2C(=O)O)c2nc(NCCC(F)(F)F)c(C#N)nc2c1. The van der Waals surface area contributed by atoms with E-state index in [1.807, 2.05) is 13.0 Å². The largest absolute Gasteiger partial charge is 0.476 e. The number of benzene rings is 1. The van der Waals surface area contributed by atoms with Gasteiger partial charge in [-0.25, -0.2) is 19.7 Å². The van der Waals surface area contributed by atoms with E-state index in [1.54, 1.807) is 19.1 Å². The van der Waals surface area contributed by atoms with Crippen LogP contribution in [0.1, 0.15) is 46.7 Å². The molecule has 0 spiro atoms. The number of nitriles is 1. The Labute approximate surface area is 191 Å². The summed E-state index contributed by atoms with van der Waals surface area (Å²) >= 11 is 5.80. The minimum absolute atomic E-state index is 0.0241. The van der Waals surface area contributed by atoms with Gasteiger partial charge in [0, 0.05) is 12.1 Å². The number of carboxylic acids is 1. The van der Waals surface area contributed by atoms with E-state index >= 15 is 0 Å². The van der Waals surface area contributed by atoms with Crippen LogP contribution in [0.15, 0.2) is 24.3 Å². The van der Waals surface area contributed by atoms with Gasteiger partial charge in [0.25, 0.3) is 0 Å².